The van der Waals surface area contributed by atoms with Gasteiger partial charge in [0.15, 0.2) is 0 Å². The number of anilines is 1. The second kappa shape index (κ2) is 7.53. The van der Waals surface area contributed by atoms with Crippen molar-refractivity contribution in [3.63, 3.8) is 0 Å². The van der Waals surface area contributed by atoms with Gasteiger partial charge in [-0.1, -0.05) is 19.1 Å². The summed E-state index contributed by atoms with van der Waals surface area (Å²) in [6, 6.07) is 6.92. The van der Waals surface area contributed by atoms with E-state index in [9.17, 15) is 9.59 Å². The third-order valence-corrected chi connectivity index (χ3v) is 2.72. The summed E-state index contributed by atoms with van der Waals surface area (Å²) in [5.41, 5.74) is 1.57. The molecule has 1 aromatic carbocycles. The van der Waals surface area contributed by atoms with E-state index in [1.54, 1.807) is 24.3 Å². The van der Waals surface area contributed by atoms with Gasteiger partial charge in [-0.05, 0) is 24.1 Å². The molecule has 0 fully saturated rings. The number of nitrogens with one attached hydrogen (secondary N) is 2. The minimum atomic E-state index is -0.189. The fourth-order valence-electron chi connectivity index (χ4n) is 1.65. The van der Waals surface area contributed by atoms with Crippen LogP contribution in [0.5, 0.6) is 0 Å². The van der Waals surface area contributed by atoms with Crippen LogP contribution in [0.3, 0.4) is 0 Å². The van der Waals surface area contributed by atoms with Gasteiger partial charge >= 0.3 is 0 Å². The lowest BCUT2D eigenvalue weighted by Gasteiger charge is -2.14. The number of amides is 2. The summed E-state index contributed by atoms with van der Waals surface area (Å²) >= 11 is 0. The Morgan fingerprint density at radius 2 is 1.89 bits per heavy atom. The first kappa shape index (κ1) is 15.2. The van der Waals surface area contributed by atoms with Crippen LogP contribution in [0, 0.1) is 0 Å². The van der Waals surface area contributed by atoms with Gasteiger partial charge in [0, 0.05) is 12.6 Å². The predicted octanol–water partition coefficient (Wildman–Crippen LogP) is 1.07. The Labute approximate surface area is 113 Å². The van der Waals surface area contributed by atoms with Crippen molar-refractivity contribution < 1.29 is 14.7 Å². The summed E-state index contributed by atoms with van der Waals surface area (Å²) in [6.07, 6.45) is 0.959. The number of aliphatic hydroxyl groups excluding tert-OH is 1. The Kier molecular flexibility index (Phi) is 6.02. The number of aliphatic hydroxyl groups is 1. The van der Waals surface area contributed by atoms with Crippen molar-refractivity contribution in [1.82, 2.24) is 5.32 Å². The number of carbonyl (C=O) groups excluding carboxylic acids is 2. The minimum absolute atomic E-state index is 0.0519. The quantitative estimate of drug-likeness (QED) is 0.719. The molecule has 5 nitrogen and oxygen atoms in total. The highest BCUT2D eigenvalue weighted by Crippen LogP contribution is 2.10. The fourth-order valence-corrected chi connectivity index (χ4v) is 1.65. The van der Waals surface area contributed by atoms with Gasteiger partial charge in [0.1, 0.15) is 0 Å². The zero-order chi connectivity index (χ0) is 14.3. The van der Waals surface area contributed by atoms with E-state index in [1.807, 2.05) is 6.92 Å². The van der Waals surface area contributed by atoms with Gasteiger partial charge in [-0.25, -0.2) is 0 Å². The Morgan fingerprint density at radius 3 is 2.37 bits per heavy atom. The maximum atomic E-state index is 11.7. The number of rotatable bonds is 6. The second-order valence-electron chi connectivity index (χ2n) is 4.41. The van der Waals surface area contributed by atoms with Crippen LogP contribution in [0.1, 0.15) is 25.8 Å². The average Bonchev–Trinajstić information content (AvgIpc) is 2.37. The van der Waals surface area contributed by atoms with E-state index in [0.29, 0.717) is 12.1 Å². The van der Waals surface area contributed by atoms with E-state index >= 15 is 0 Å². The molecule has 0 unspecified atom stereocenters. The summed E-state index contributed by atoms with van der Waals surface area (Å²) in [5.74, 6) is -0.243. The van der Waals surface area contributed by atoms with E-state index < -0.39 is 0 Å². The number of hydrogen-bond donors (Lipinski definition) is 3. The Bertz CT molecular complexity index is 425. The van der Waals surface area contributed by atoms with Crippen molar-refractivity contribution in [3.8, 4) is 0 Å². The predicted molar refractivity (Wildman–Crippen MR) is 73.8 cm³/mol. The van der Waals surface area contributed by atoms with E-state index in [1.165, 1.54) is 6.92 Å². The van der Waals surface area contributed by atoms with Crippen molar-refractivity contribution in [3.05, 3.63) is 29.8 Å². The van der Waals surface area contributed by atoms with Crippen molar-refractivity contribution in [2.24, 2.45) is 0 Å². The SMILES string of the molecule is CC[C@@H](CO)NC(=O)Cc1ccc(NC(C)=O)cc1. The first-order chi connectivity index (χ1) is 9.05. The van der Waals surface area contributed by atoms with Gasteiger partial charge in [0.05, 0.1) is 19.1 Å². The number of carbonyl (C=O) groups is 2. The molecule has 2 amide bonds. The van der Waals surface area contributed by atoms with Crippen LogP contribution in [0.15, 0.2) is 24.3 Å². The Hall–Kier alpha value is -1.88. The molecule has 1 atom stereocenters. The van der Waals surface area contributed by atoms with E-state index in [-0.39, 0.29) is 30.9 Å². The molecule has 5 heteroatoms. The third-order valence-electron chi connectivity index (χ3n) is 2.72. The monoisotopic (exact) mass is 264 g/mol. The standard InChI is InChI=1S/C14H20N2O3/c1-3-12(9-17)16-14(19)8-11-4-6-13(7-5-11)15-10(2)18/h4-7,12,17H,3,8-9H2,1-2H3,(H,15,18)(H,16,19)/t12-/m0/s1. The van der Waals surface area contributed by atoms with Crippen LogP contribution in [0.25, 0.3) is 0 Å². The normalized spacial score (nSPS) is 11.7. The smallest absolute Gasteiger partial charge is 0.224 e. The van der Waals surface area contributed by atoms with Gasteiger partial charge in [-0.15, -0.1) is 0 Å². The maximum absolute atomic E-state index is 11.7. The van der Waals surface area contributed by atoms with Crippen LogP contribution in [0.4, 0.5) is 5.69 Å². The van der Waals surface area contributed by atoms with Gasteiger partial charge in [-0.2, -0.15) is 0 Å². The molecule has 0 radical (unpaired) electrons. The molecule has 0 spiro atoms. The lowest BCUT2D eigenvalue weighted by atomic mass is 10.1. The molecule has 0 aliphatic carbocycles. The molecule has 1 aromatic rings. The highest BCUT2D eigenvalue weighted by atomic mass is 16.3. The lowest BCUT2D eigenvalue weighted by Crippen LogP contribution is -2.37. The van der Waals surface area contributed by atoms with Crippen LogP contribution < -0.4 is 10.6 Å². The highest BCUT2D eigenvalue weighted by molar-refractivity contribution is 5.88. The summed E-state index contributed by atoms with van der Waals surface area (Å²) in [7, 11) is 0. The van der Waals surface area contributed by atoms with Crippen molar-refractivity contribution >= 4 is 17.5 Å². The molecule has 104 valence electrons. The molecule has 0 bridgehead atoms. The Balaban J connectivity index is 2.53. The summed E-state index contributed by atoms with van der Waals surface area (Å²) in [5, 5.41) is 14.4. The molecular weight excluding hydrogens is 244 g/mol. The van der Waals surface area contributed by atoms with Gasteiger partial charge in [0.2, 0.25) is 11.8 Å². The molecule has 1 rings (SSSR count). The molecule has 0 heterocycles. The van der Waals surface area contributed by atoms with Gasteiger partial charge in [-0.3, -0.25) is 9.59 Å². The summed E-state index contributed by atoms with van der Waals surface area (Å²) in [4.78, 5) is 22.6. The largest absolute Gasteiger partial charge is 0.394 e. The number of benzene rings is 1. The third kappa shape index (κ3) is 5.52. The zero-order valence-corrected chi connectivity index (χ0v) is 11.3. The van der Waals surface area contributed by atoms with Crippen LogP contribution in [0.2, 0.25) is 0 Å². The van der Waals surface area contributed by atoms with E-state index in [2.05, 4.69) is 10.6 Å². The van der Waals surface area contributed by atoms with E-state index in [4.69, 9.17) is 5.11 Å². The Morgan fingerprint density at radius 1 is 1.26 bits per heavy atom. The second-order valence-corrected chi connectivity index (χ2v) is 4.41. The molecular formula is C14H20N2O3. The topological polar surface area (TPSA) is 78.4 Å². The minimum Gasteiger partial charge on any atom is -0.394 e. The van der Waals surface area contributed by atoms with Crippen molar-refractivity contribution in [2.75, 3.05) is 11.9 Å². The number of hydrogen-bond acceptors (Lipinski definition) is 3. The van der Waals surface area contributed by atoms with Crippen LogP contribution in [-0.2, 0) is 16.0 Å². The molecule has 0 aromatic heterocycles. The van der Waals surface area contributed by atoms with Crippen molar-refractivity contribution in [1.29, 1.82) is 0 Å². The first-order valence-corrected chi connectivity index (χ1v) is 6.32. The maximum Gasteiger partial charge on any atom is 0.224 e. The van der Waals surface area contributed by atoms with Gasteiger partial charge < -0.3 is 15.7 Å². The summed E-state index contributed by atoms with van der Waals surface area (Å²) in [6.45, 7) is 3.30. The molecule has 0 aliphatic rings. The molecule has 0 saturated heterocycles. The molecule has 3 N–H and O–H groups in total. The molecule has 0 saturated carbocycles. The van der Waals surface area contributed by atoms with Crippen LogP contribution in [-0.4, -0.2) is 29.6 Å². The lowest BCUT2D eigenvalue weighted by molar-refractivity contribution is -0.121. The highest BCUT2D eigenvalue weighted by Gasteiger charge is 2.09. The molecule has 0 aliphatic heterocycles. The molecule has 19 heavy (non-hydrogen) atoms. The van der Waals surface area contributed by atoms with Crippen molar-refractivity contribution in [2.45, 2.75) is 32.7 Å². The summed E-state index contributed by atoms with van der Waals surface area (Å²) < 4.78 is 0. The zero-order valence-electron chi connectivity index (χ0n) is 11.3. The van der Waals surface area contributed by atoms with Gasteiger partial charge in [0.25, 0.3) is 0 Å². The first-order valence-electron chi connectivity index (χ1n) is 6.32. The van der Waals surface area contributed by atoms with E-state index in [0.717, 1.165) is 5.56 Å². The fraction of sp³-hybridized carbons (Fsp3) is 0.429. The van der Waals surface area contributed by atoms with Crippen LogP contribution >= 0.6 is 0 Å². The average molecular weight is 264 g/mol.